The minimum absolute atomic E-state index is 0.00479. The van der Waals surface area contributed by atoms with Gasteiger partial charge in [-0.3, -0.25) is 14.4 Å². The third-order valence-electron chi connectivity index (χ3n) is 5.05. The second-order valence-corrected chi connectivity index (χ2v) is 6.84. The molecule has 3 amide bonds. The van der Waals surface area contributed by atoms with Crippen LogP contribution >= 0.6 is 0 Å². The third-order valence-corrected chi connectivity index (χ3v) is 5.05. The van der Waals surface area contributed by atoms with Crippen molar-refractivity contribution in [3.05, 3.63) is 0 Å². The van der Waals surface area contributed by atoms with E-state index in [1.807, 2.05) is 0 Å². The lowest BCUT2D eigenvalue weighted by atomic mass is 9.84. The molecule has 1 heterocycles. The number of carbonyl (C=O) groups is 4. The summed E-state index contributed by atoms with van der Waals surface area (Å²) >= 11 is 0. The quantitative estimate of drug-likeness (QED) is 0.568. The van der Waals surface area contributed by atoms with E-state index in [0.29, 0.717) is 19.5 Å². The number of carboxylic acids is 1. The van der Waals surface area contributed by atoms with E-state index < -0.39 is 12.0 Å². The van der Waals surface area contributed by atoms with E-state index in [9.17, 15) is 24.3 Å². The molecule has 8 heteroatoms. The van der Waals surface area contributed by atoms with E-state index in [4.69, 9.17) is 0 Å². The fraction of sp³-hybridized carbons (Fsp3) is 0.765. The number of amides is 3. The molecule has 3 N–H and O–H groups in total. The van der Waals surface area contributed by atoms with Crippen molar-refractivity contribution in [1.82, 2.24) is 15.5 Å². The van der Waals surface area contributed by atoms with Crippen LogP contribution in [0.1, 0.15) is 51.9 Å². The molecule has 0 radical (unpaired) electrons. The van der Waals surface area contributed by atoms with Gasteiger partial charge in [-0.05, 0) is 25.2 Å². The van der Waals surface area contributed by atoms with Crippen molar-refractivity contribution in [3.8, 4) is 0 Å². The molecular formula is C17H27N3O5. The van der Waals surface area contributed by atoms with Crippen LogP contribution in [-0.2, 0) is 19.2 Å². The van der Waals surface area contributed by atoms with Crippen LogP contribution in [0.4, 0.5) is 0 Å². The van der Waals surface area contributed by atoms with Crippen LogP contribution in [0.25, 0.3) is 0 Å². The Labute approximate surface area is 147 Å². The first-order chi connectivity index (χ1) is 11.9. The number of aliphatic carboxylic acids is 1. The van der Waals surface area contributed by atoms with E-state index in [2.05, 4.69) is 10.6 Å². The van der Waals surface area contributed by atoms with Crippen LogP contribution in [0.3, 0.4) is 0 Å². The van der Waals surface area contributed by atoms with Gasteiger partial charge in [0.25, 0.3) is 0 Å². The first-order valence-electron chi connectivity index (χ1n) is 8.95. The lowest BCUT2D eigenvalue weighted by Crippen LogP contribution is -2.46. The summed E-state index contributed by atoms with van der Waals surface area (Å²) < 4.78 is 0. The molecule has 3 unspecified atom stereocenters. The molecule has 0 bridgehead atoms. The highest BCUT2D eigenvalue weighted by Crippen LogP contribution is 2.40. The molecule has 8 nitrogen and oxygen atoms in total. The fourth-order valence-electron chi connectivity index (χ4n) is 3.92. The normalized spacial score (nSPS) is 25.2. The Morgan fingerprint density at radius 1 is 1.04 bits per heavy atom. The average Bonchev–Trinajstić information content (AvgIpc) is 2.96. The Morgan fingerprint density at radius 3 is 2.40 bits per heavy atom. The maximum absolute atomic E-state index is 12.6. The second kappa shape index (κ2) is 8.82. The molecule has 1 aliphatic heterocycles. The third kappa shape index (κ3) is 5.17. The number of carboxylic acid groups (broad SMARTS) is 1. The van der Waals surface area contributed by atoms with E-state index in [0.717, 1.165) is 25.7 Å². The minimum atomic E-state index is -0.956. The second-order valence-electron chi connectivity index (χ2n) is 6.84. The van der Waals surface area contributed by atoms with Gasteiger partial charge in [-0.1, -0.05) is 12.8 Å². The van der Waals surface area contributed by atoms with Crippen LogP contribution in [0.15, 0.2) is 0 Å². The van der Waals surface area contributed by atoms with E-state index in [1.54, 1.807) is 0 Å². The smallest absolute Gasteiger partial charge is 0.326 e. The highest BCUT2D eigenvalue weighted by molar-refractivity contribution is 5.87. The van der Waals surface area contributed by atoms with Gasteiger partial charge < -0.3 is 20.6 Å². The summed E-state index contributed by atoms with van der Waals surface area (Å²) in [6.45, 7) is 2.04. The number of fused-ring (bicyclic) bond motifs is 1. The van der Waals surface area contributed by atoms with Gasteiger partial charge in [-0.15, -0.1) is 0 Å². The van der Waals surface area contributed by atoms with Gasteiger partial charge >= 0.3 is 5.97 Å². The van der Waals surface area contributed by atoms with Gasteiger partial charge in [0, 0.05) is 38.9 Å². The number of nitrogens with zero attached hydrogens (tertiary/aromatic N) is 1. The Kier molecular flexibility index (Phi) is 6.78. The van der Waals surface area contributed by atoms with Crippen LogP contribution in [0.5, 0.6) is 0 Å². The summed E-state index contributed by atoms with van der Waals surface area (Å²) in [5, 5.41) is 14.6. The lowest BCUT2D eigenvalue weighted by molar-refractivity contribution is -0.150. The summed E-state index contributed by atoms with van der Waals surface area (Å²) in [6.07, 6.45) is 4.49. The molecule has 25 heavy (non-hydrogen) atoms. The number of nitrogens with one attached hydrogen (secondary N) is 2. The molecule has 0 aromatic rings. The molecule has 1 saturated heterocycles. The molecule has 1 saturated carbocycles. The molecule has 0 aromatic heterocycles. The summed E-state index contributed by atoms with van der Waals surface area (Å²) in [4.78, 5) is 48.1. The highest BCUT2D eigenvalue weighted by Gasteiger charge is 2.47. The maximum Gasteiger partial charge on any atom is 0.326 e. The number of rotatable bonds is 7. The summed E-state index contributed by atoms with van der Waals surface area (Å²) in [5.41, 5.74) is 0. The molecule has 2 fully saturated rings. The zero-order chi connectivity index (χ0) is 18.4. The van der Waals surface area contributed by atoms with Crippen molar-refractivity contribution < 1.29 is 24.3 Å². The summed E-state index contributed by atoms with van der Waals surface area (Å²) in [6, 6.07) is -0.756. The number of hydrogen-bond donors (Lipinski definition) is 3. The summed E-state index contributed by atoms with van der Waals surface area (Å²) in [5.74, 6) is -1.38. The summed E-state index contributed by atoms with van der Waals surface area (Å²) in [7, 11) is 0. The molecule has 140 valence electrons. The van der Waals surface area contributed by atoms with Crippen LogP contribution in [-0.4, -0.2) is 58.9 Å². The number of hydrogen-bond acceptors (Lipinski definition) is 4. The van der Waals surface area contributed by atoms with Gasteiger partial charge in [-0.25, -0.2) is 4.79 Å². The zero-order valence-corrected chi connectivity index (χ0v) is 14.6. The standard InChI is InChI=1S/C17H27N3O5/c1-11(21)18-8-9-19-15(22)6-7-16(23)20-13-5-3-2-4-12(13)10-14(20)17(24)25/h12-14H,2-10H2,1H3,(H,18,21)(H,19,22)(H,24,25). The molecule has 2 rings (SSSR count). The average molecular weight is 353 g/mol. The van der Waals surface area contributed by atoms with Gasteiger partial charge in [-0.2, -0.15) is 0 Å². The Morgan fingerprint density at radius 2 is 1.72 bits per heavy atom. The Hall–Kier alpha value is -2.12. The van der Waals surface area contributed by atoms with Crippen molar-refractivity contribution >= 4 is 23.7 Å². The molecule has 1 aliphatic carbocycles. The molecule has 0 aromatic carbocycles. The van der Waals surface area contributed by atoms with E-state index in [-0.39, 0.29) is 42.5 Å². The van der Waals surface area contributed by atoms with Gasteiger partial charge in [0.2, 0.25) is 17.7 Å². The van der Waals surface area contributed by atoms with E-state index >= 15 is 0 Å². The largest absolute Gasteiger partial charge is 0.480 e. The molecule has 0 spiro atoms. The number of likely N-dealkylation sites (tertiary alicyclic amines) is 1. The molecule has 2 aliphatic rings. The zero-order valence-electron chi connectivity index (χ0n) is 14.6. The fourth-order valence-corrected chi connectivity index (χ4v) is 3.92. The highest BCUT2D eigenvalue weighted by atomic mass is 16.4. The first kappa shape index (κ1) is 19.2. The van der Waals surface area contributed by atoms with E-state index in [1.165, 1.54) is 11.8 Å². The van der Waals surface area contributed by atoms with Crippen molar-refractivity contribution in [2.24, 2.45) is 5.92 Å². The first-order valence-corrected chi connectivity index (χ1v) is 8.95. The van der Waals surface area contributed by atoms with Gasteiger partial charge in [0.15, 0.2) is 0 Å². The van der Waals surface area contributed by atoms with Crippen molar-refractivity contribution in [2.45, 2.75) is 64.0 Å². The van der Waals surface area contributed by atoms with Crippen LogP contribution < -0.4 is 10.6 Å². The predicted molar refractivity (Wildman–Crippen MR) is 89.6 cm³/mol. The monoisotopic (exact) mass is 353 g/mol. The SMILES string of the molecule is CC(=O)NCCNC(=O)CCC(=O)N1C(C(=O)O)CC2CCCCC21. The van der Waals surface area contributed by atoms with Crippen LogP contribution in [0, 0.1) is 5.92 Å². The lowest BCUT2D eigenvalue weighted by Gasteiger charge is -2.33. The molecular weight excluding hydrogens is 326 g/mol. The van der Waals surface area contributed by atoms with Crippen molar-refractivity contribution in [2.75, 3.05) is 13.1 Å². The Balaban J connectivity index is 1.82. The van der Waals surface area contributed by atoms with Crippen LogP contribution in [0.2, 0.25) is 0 Å². The van der Waals surface area contributed by atoms with Crippen molar-refractivity contribution in [1.29, 1.82) is 0 Å². The number of carbonyl (C=O) groups excluding carboxylic acids is 3. The molecule has 3 atom stereocenters. The maximum atomic E-state index is 12.6. The predicted octanol–water partition coefficient (Wildman–Crippen LogP) is 0.263. The van der Waals surface area contributed by atoms with Gasteiger partial charge in [0.05, 0.1) is 0 Å². The topological polar surface area (TPSA) is 116 Å². The van der Waals surface area contributed by atoms with Gasteiger partial charge in [0.1, 0.15) is 6.04 Å². The van der Waals surface area contributed by atoms with Crippen molar-refractivity contribution in [3.63, 3.8) is 0 Å². The minimum Gasteiger partial charge on any atom is -0.480 e. The Bertz CT molecular complexity index is 536.